The second-order valence-electron chi connectivity index (χ2n) is 7.12. The van der Waals surface area contributed by atoms with Crippen molar-refractivity contribution in [2.75, 3.05) is 5.32 Å². The zero-order valence-corrected chi connectivity index (χ0v) is 16.2. The van der Waals surface area contributed by atoms with Gasteiger partial charge in [-0.3, -0.25) is 4.79 Å². The van der Waals surface area contributed by atoms with E-state index < -0.39 is 0 Å². The lowest BCUT2D eigenvalue weighted by molar-refractivity contribution is -0.115. The first kappa shape index (κ1) is 18.9. The van der Waals surface area contributed by atoms with Gasteiger partial charge in [0.2, 0.25) is 5.91 Å². The molecule has 1 aromatic heterocycles. The molecule has 1 heterocycles. The molecule has 0 aliphatic rings. The molecule has 0 unspecified atom stereocenters. The van der Waals surface area contributed by atoms with Gasteiger partial charge >= 0.3 is 0 Å². The predicted octanol–water partition coefficient (Wildman–Crippen LogP) is 4.68. The molecule has 0 aliphatic carbocycles. The number of carbonyl (C=O) groups is 1. The number of anilines is 1. The minimum absolute atomic E-state index is 0.121. The van der Waals surface area contributed by atoms with Gasteiger partial charge in [0, 0.05) is 19.2 Å². The Balaban J connectivity index is 1.34. The van der Waals surface area contributed by atoms with E-state index in [1.165, 1.54) is 17.7 Å². The molecule has 29 heavy (non-hydrogen) atoms. The smallest absolute Gasteiger partial charge is 0.228 e. The summed E-state index contributed by atoms with van der Waals surface area (Å²) in [5.74, 6) is 0.635. The van der Waals surface area contributed by atoms with Crippen molar-refractivity contribution < 1.29 is 9.18 Å². The molecule has 3 aromatic carbocycles. The standard InChI is InChI=1S/C24H22FN3O/c1-28-22-5-3-2-4-21(22)27-23(28)15-10-17-8-13-20(14-9-17)26-24(29)16-18-6-11-19(25)12-7-18/h2-9,11-14H,10,15-16H2,1H3,(H,26,29). The van der Waals surface area contributed by atoms with Gasteiger partial charge < -0.3 is 9.88 Å². The third kappa shape index (κ3) is 4.51. The van der Waals surface area contributed by atoms with E-state index in [1.807, 2.05) is 49.5 Å². The quantitative estimate of drug-likeness (QED) is 0.522. The van der Waals surface area contributed by atoms with Gasteiger partial charge in [0.05, 0.1) is 17.5 Å². The summed E-state index contributed by atoms with van der Waals surface area (Å²) < 4.78 is 15.1. The average Bonchev–Trinajstić information content (AvgIpc) is 3.05. The molecule has 146 valence electrons. The number of nitrogens with zero attached hydrogens (tertiary/aromatic N) is 2. The fourth-order valence-corrected chi connectivity index (χ4v) is 3.42. The van der Waals surface area contributed by atoms with Crippen LogP contribution in [0, 0.1) is 5.82 Å². The van der Waals surface area contributed by atoms with E-state index in [0.717, 1.165) is 41.0 Å². The van der Waals surface area contributed by atoms with Crippen LogP contribution in [0.3, 0.4) is 0 Å². The number of rotatable bonds is 6. The van der Waals surface area contributed by atoms with Gasteiger partial charge in [0.1, 0.15) is 11.6 Å². The van der Waals surface area contributed by atoms with Crippen LogP contribution in [0.25, 0.3) is 11.0 Å². The van der Waals surface area contributed by atoms with Gasteiger partial charge in [0.15, 0.2) is 0 Å². The van der Waals surface area contributed by atoms with Crippen LogP contribution in [0.15, 0.2) is 72.8 Å². The monoisotopic (exact) mass is 387 g/mol. The Hall–Kier alpha value is -3.47. The van der Waals surface area contributed by atoms with Crippen molar-refractivity contribution in [3.05, 3.63) is 95.6 Å². The first-order chi connectivity index (χ1) is 14.1. The Kier molecular flexibility index (Phi) is 5.38. The molecule has 5 heteroatoms. The van der Waals surface area contributed by atoms with Gasteiger partial charge in [-0.25, -0.2) is 9.37 Å². The predicted molar refractivity (Wildman–Crippen MR) is 113 cm³/mol. The lowest BCUT2D eigenvalue weighted by Crippen LogP contribution is -2.14. The summed E-state index contributed by atoms with van der Waals surface area (Å²) in [4.78, 5) is 16.9. The molecule has 4 aromatic rings. The van der Waals surface area contributed by atoms with E-state index in [0.29, 0.717) is 0 Å². The Bertz CT molecular complexity index is 1130. The molecule has 0 saturated carbocycles. The second-order valence-corrected chi connectivity index (χ2v) is 7.12. The van der Waals surface area contributed by atoms with Crippen molar-refractivity contribution in [1.29, 1.82) is 0 Å². The molecular formula is C24H22FN3O. The van der Waals surface area contributed by atoms with Crippen molar-refractivity contribution in [3.8, 4) is 0 Å². The third-order valence-corrected chi connectivity index (χ3v) is 5.03. The van der Waals surface area contributed by atoms with E-state index in [2.05, 4.69) is 16.0 Å². The van der Waals surface area contributed by atoms with E-state index in [-0.39, 0.29) is 18.1 Å². The molecule has 4 nitrogen and oxygen atoms in total. The first-order valence-electron chi connectivity index (χ1n) is 9.62. The van der Waals surface area contributed by atoms with Crippen LogP contribution in [0.1, 0.15) is 17.0 Å². The molecule has 0 aliphatic heterocycles. The van der Waals surface area contributed by atoms with Gasteiger partial charge in [0.25, 0.3) is 0 Å². The highest BCUT2D eigenvalue weighted by atomic mass is 19.1. The van der Waals surface area contributed by atoms with Crippen LogP contribution >= 0.6 is 0 Å². The Morgan fingerprint density at radius 2 is 1.62 bits per heavy atom. The van der Waals surface area contributed by atoms with Gasteiger partial charge in [-0.05, 0) is 53.9 Å². The Morgan fingerprint density at radius 3 is 2.34 bits per heavy atom. The molecule has 0 radical (unpaired) electrons. The number of aryl methyl sites for hydroxylation is 3. The fourth-order valence-electron chi connectivity index (χ4n) is 3.42. The number of hydrogen-bond acceptors (Lipinski definition) is 2. The number of aromatic nitrogens is 2. The number of carbonyl (C=O) groups excluding carboxylic acids is 1. The summed E-state index contributed by atoms with van der Waals surface area (Å²) >= 11 is 0. The van der Waals surface area contributed by atoms with Gasteiger partial charge in [-0.15, -0.1) is 0 Å². The summed E-state index contributed by atoms with van der Waals surface area (Å²) in [5, 5.41) is 2.88. The minimum atomic E-state index is -0.302. The van der Waals surface area contributed by atoms with Crippen LogP contribution in [-0.4, -0.2) is 15.5 Å². The van der Waals surface area contributed by atoms with Crippen molar-refractivity contribution in [2.45, 2.75) is 19.3 Å². The Morgan fingerprint density at radius 1 is 0.931 bits per heavy atom. The number of hydrogen-bond donors (Lipinski definition) is 1. The number of amides is 1. The molecule has 0 bridgehead atoms. The number of halogens is 1. The SMILES string of the molecule is Cn1c(CCc2ccc(NC(=O)Cc3ccc(F)cc3)cc2)nc2ccccc21. The van der Waals surface area contributed by atoms with E-state index in [9.17, 15) is 9.18 Å². The van der Waals surface area contributed by atoms with Crippen LogP contribution in [0.5, 0.6) is 0 Å². The summed E-state index contributed by atoms with van der Waals surface area (Å²) in [6, 6.07) is 22.0. The summed E-state index contributed by atoms with van der Waals surface area (Å²) in [6.45, 7) is 0. The zero-order valence-electron chi connectivity index (χ0n) is 16.2. The topological polar surface area (TPSA) is 46.9 Å². The van der Waals surface area contributed by atoms with Crippen LogP contribution in [0.2, 0.25) is 0 Å². The van der Waals surface area contributed by atoms with Crippen molar-refractivity contribution >= 4 is 22.6 Å². The first-order valence-corrected chi connectivity index (χ1v) is 9.62. The average molecular weight is 387 g/mol. The fraction of sp³-hybridized carbons (Fsp3) is 0.167. The lowest BCUT2D eigenvalue weighted by atomic mass is 10.1. The normalized spacial score (nSPS) is 11.0. The highest BCUT2D eigenvalue weighted by Gasteiger charge is 2.08. The number of imidazole rings is 1. The van der Waals surface area contributed by atoms with E-state index in [4.69, 9.17) is 4.98 Å². The number of fused-ring (bicyclic) bond motifs is 1. The van der Waals surface area contributed by atoms with Crippen molar-refractivity contribution in [2.24, 2.45) is 7.05 Å². The minimum Gasteiger partial charge on any atom is -0.331 e. The van der Waals surface area contributed by atoms with Crippen molar-refractivity contribution in [1.82, 2.24) is 9.55 Å². The highest BCUT2D eigenvalue weighted by Crippen LogP contribution is 2.17. The Labute approximate surface area is 169 Å². The van der Waals surface area contributed by atoms with E-state index >= 15 is 0 Å². The summed E-state index contributed by atoms with van der Waals surface area (Å²) in [7, 11) is 2.05. The molecular weight excluding hydrogens is 365 g/mol. The largest absolute Gasteiger partial charge is 0.331 e. The molecule has 4 rings (SSSR count). The van der Waals surface area contributed by atoms with Gasteiger partial charge in [-0.1, -0.05) is 36.4 Å². The molecule has 0 spiro atoms. The van der Waals surface area contributed by atoms with Crippen molar-refractivity contribution in [3.63, 3.8) is 0 Å². The maximum atomic E-state index is 13.0. The number of nitrogens with one attached hydrogen (secondary N) is 1. The van der Waals surface area contributed by atoms with Gasteiger partial charge in [-0.2, -0.15) is 0 Å². The van der Waals surface area contributed by atoms with Crippen LogP contribution in [-0.2, 0) is 31.1 Å². The second kappa shape index (κ2) is 8.27. The highest BCUT2D eigenvalue weighted by molar-refractivity contribution is 5.92. The maximum absolute atomic E-state index is 13.0. The zero-order chi connectivity index (χ0) is 20.2. The van der Waals surface area contributed by atoms with Crippen LogP contribution < -0.4 is 5.32 Å². The van der Waals surface area contributed by atoms with Crippen LogP contribution in [0.4, 0.5) is 10.1 Å². The van der Waals surface area contributed by atoms with E-state index in [1.54, 1.807) is 12.1 Å². The maximum Gasteiger partial charge on any atom is 0.228 e. The molecule has 1 N–H and O–H groups in total. The molecule has 0 atom stereocenters. The molecule has 0 saturated heterocycles. The summed E-state index contributed by atoms with van der Waals surface area (Å²) in [6.07, 6.45) is 1.94. The number of benzene rings is 3. The molecule has 1 amide bonds. The summed E-state index contributed by atoms with van der Waals surface area (Å²) in [5.41, 5.74) is 4.88. The molecule has 0 fully saturated rings. The third-order valence-electron chi connectivity index (χ3n) is 5.03. The number of para-hydroxylation sites is 2. The lowest BCUT2D eigenvalue weighted by Gasteiger charge is -2.07.